The van der Waals surface area contributed by atoms with E-state index in [1.807, 2.05) is 0 Å². The molecule has 0 saturated heterocycles. The van der Waals surface area contributed by atoms with Gasteiger partial charge in [0.1, 0.15) is 0 Å². The van der Waals surface area contributed by atoms with Crippen LogP contribution >= 0.6 is 49.9 Å². The van der Waals surface area contributed by atoms with E-state index in [0.29, 0.717) is 0 Å². The van der Waals surface area contributed by atoms with Gasteiger partial charge in [-0.1, -0.05) is 34.1 Å². The second-order valence-corrected chi connectivity index (χ2v) is 7.34. The maximum absolute atomic E-state index is 6.47. The fraction of sp³-hybridized carbons (Fsp3) is 0.0667. The van der Waals surface area contributed by atoms with Gasteiger partial charge < -0.3 is 5.73 Å². The molecular formula is C15H11BrINS. The van der Waals surface area contributed by atoms with Gasteiger partial charge in [0.25, 0.3) is 0 Å². The SMILES string of the molecule is NC(c1cc(I)ccc1Br)c1csc2ccccc12. The Hall–Kier alpha value is -0.430. The van der Waals surface area contributed by atoms with Gasteiger partial charge in [-0.05, 0) is 68.7 Å². The van der Waals surface area contributed by atoms with Crippen molar-refractivity contribution in [1.29, 1.82) is 0 Å². The van der Waals surface area contributed by atoms with Crippen molar-refractivity contribution in [2.45, 2.75) is 6.04 Å². The predicted molar refractivity (Wildman–Crippen MR) is 94.7 cm³/mol. The summed E-state index contributed by atoms with van der Waals surface area (Å²) < 4.78 is 3.55. The second kappa shape index (κ2) is 5.52. The Balaban J connectivity index is 2.13. The van der Waals surface area contributed by atoms with Crippen molar-refractivity contribution in [3.05, 3.63) is 67.0 Å². The van der Waals surface area contributed by atoms with E-state index in [4.69, 9.17) is 5.73 Å². The average molecular weight is 444 g/mol. The zero-order valence-electron chi connectivity index (χ0n) is 9.94. The van der Waals surface area contributed by atoms with Gasteiger partial charge in [0, 0.05) is 12.7 Å². The molecule has 2 aromatic carbocycles. The summed E-state index contributed by atoms with van der Waals surface area (Å²) in [6.07, 6.45) is 0. The van der Waals surface area contributed by atoms with Crippen LogP contribution in [-0.2, 0) is 0 Å². The van der Waals surface area contributed by atoms with E-state index in [-0.39, 0.29) is 6.04 Å². The van der Waals surface area contributed by atoms with Gasteiger partial charge in [0.15, 0.2) is 0 Å². The monoisotopic (exact) mass is 443 g/mol. The molecule has 19 heavy (non-hydrogen) atoms. The molecule has 1 atom stereocenters. The number of hydrogen-bond donors (Lipinski definition) is 1. The van der Waals surface area contributed by atoms with Gasteiger partial charge in [-0.2, -0.15) is 0 Å². The highest BCUT2D eigenvalue weighted by atomic mass is 127. The topological polar surface area (TPSA) is 26.0 Å². The quantitative estimate of drug-likeness (QED) is 0.533. The predicted octanol–water partition coefficient (Wildman–Crippen LogP) is 5.32. The van der Waals surface area contributed by atoms with Gasteiger partial charge in [0.2, 0.25) is 0 Å². The van der Waals surface area contributed by atoms with Gasteiger partial charge in [0.05, 0.1) is 6.04 Å². The van der Waals surface area contributed by atoms with Crippen molar-refractivity contribution in [3.63, 3.8) is 0 Å². The first-order valence-electron chi connectivity index (χ1n) is 5.83. The van der Waals surface area contributed by atoms with Crippen molar-refractivity contribution in [2.75, 3.05) is 0 Å². The van der Waals surface area contributed by atoms with Crippen LogP contribution < -0.4 is 5.73 Å². The largest absolute Gasteiger partial charge is 0.320 e. The third-order valence-electron chi connectivity index (χ3n) is 3.14. The van der Waals surface area contributed by atoms with E-state index in [9.17, 15) is 0 Å². The number of rotatable bonds is 2. The summed E-state index contributed by atoms with van der Waals surface area (Å²) in [6, 6.07) is 14.6. The van der Waals surface area contributed by atoms with Crippen LogP contribution in [-0.4, -0.2) is 0 Å². The fourth-order valence-electron chi connectivity index (χ4n) is 2.16. The number of fused-ring (bicyclic) bond motifs is 1. The Kier molecular flexibility index (Phi) is 3.93. The maximum Gasteiger partial charge on any atom is 0.0577 e. The van der Waals surface area contributed by atoms with Crippen LogP contribution in [0.1, 0.15) is 17.2 Å². The lowest BCUT2D eigenvalue weighted by atomic mass is 9.99. The Morgan fingerprint density at radius 3 is 2.74 bits per heavy atom. The lowest BCUT2D eigenvalue weighted by molar-refractivity contribution is 0.877. The number of benzene rings is 2. The molecule has 1 heterocycles. The molecule has 1 nitrogen and oxygen atoms in total. The minimum atomic E-state index is -0.0970. The highest BCUT2D eigenvalue weighted by Crippen LogP contribution is 2.35. The van der Waals surface area contributed by atoms with E-state index in [1.54, 1.807) is 11.3 Å². The lowest BCUT2D eigenvalue weighted by Crippen LogP contribution is -2.12. The Morgan fingerprint density at radius 2 is 1.89 bits per heavy atom. The van der Waals surface area contributed by atoms with Crippen LogP contribution in [0.25, 0.3) is 10.1 Å². The van der Waals surface area contributed by atoms with Gasteiger partial charge in [-0.25, -0.2) is 0 Å². The molecule has 1 aromatic heterocycles. The van der Waals surface area contributed by atoms with Gasteiger partial charge in [-0.3, -0.25) is 0 Å². The Morgan fingerprint density at radius 1 is 1.11 bits per heavy atom. The van der Waals surface area contributed by atoms with Crippen LogP contribution in [0.15, 0.2) is 52.3 Å². The van der Waals surface area contributed by atoms with Crippen LogP contribution in [0.3, 0.4) is 0 Å². The summed E-state index contributed by atoms with van der Waals surface area (Å²) in [4.78, 5) is 0. The van der Waals surface area contributed by atoms with Gasteiger partial charge >= 0.3 is 0 Å². The third kappa shape index (κ3) is 2.59. The number of thiophene rings is 1. The summed E-state index contributed by atoms with van der Waals surface area (Å²) in [5, 5.41) is 3.42. The summed E-state index contributed by atoms with van der Waals surface area (Å²) >= 11 is 7.67. The average Bonchev–Trinajstić information content (AvgIpc) is 2.84. The first-order chi connectivity index (χ1) is 9.16. The molecule has 0 bridgehead atoms. The first kappa shape index (κ1) is 13.5. The highest BCUT2D eigenvalue weighted by Gasteiger charge is 2.16. The minimum absolute atomic E-state index is 0.0970. The van der Waals surface area contributed by atoms with Crippen molar-refractivity contribution >= 4 is 59.9 Å². The molecule has 0 radical (unpaired) electrons. The normalized spacial score (nSPS) is 12.8. The van der Waals surface area contributed by atoms with E-state index in [2.05, 4.69) is 86.4 Å². The molecule has 0 aliphatic rings. The third-order valence-corrected chi connectivity index (χ3v) is 5.51. The smallest absolute Gasteiger partial charge is 0.0577 e. The fourth-order valence-corrected chi connectivity index (χ4v) is 4.17. The first-order valence-corrected chi connectivity index (χ1v) is 8.58. The van der Waals surface area contributed by atoms with E-state index >= 15 is 0 Å². The summed E-state index contributed by atoms with van der Waals surface area (Å²) in [7, 11) is 0. The molecule has 2 N–H and O–H groups in total. The van der Waals surface area contributed by atoms with Crippen molar-refractivity contribution in [1.82, 2.24) is 0 Å². The molecule has 0 aliphatic heterocycles. The molecule has 4 heteroatoms. The standard InChI is InChI=1S/C15H11BrINS/c16-13-6-5-9(17)7-11(13)15(18)12-8-19-14-4-2-1-3-10(12)14/h1-8,15H,18H2. The van der Waals surface area contributed by atoms with Gasteiger partial charge in [-0.15, -0.1) is 11.3 Å². The van der Waals surface area contributed by atoms with E-state index < -0.39 is 0 Å². The summed E-state index contributed by atoms with van der Waals surface area (Å²) in [5.74, 6) is 0. The van der Waals surface area contributed by atoms with Crippen molar-refractivity contribution < 1.29 is 0 Å². The molecule has 3 rings (SSSR count). The highest BCUT2D eigenvalue weighted by molar-refractivity contribution is 14.1. The molecule has 0 amide bonds. The number of hydrogen-bond acceptors (Lipinski definition) is 2. The summed E-state index contributed by atoms with van der Waals surface area (Å²) in [6.45, 7) is 0. The molecule has 0 saturated carbocycles. The summed E-state index contributed by atoms with van der Waals surface area (Å²) in [5.41, 5.74) is 8.80. The molecular weight excluding hydrogens is 433 g/mol. The van der Waals surface area contributed by atoms with Crippen molar-refractivity contribution in [3.8, 4) is 0 Å². The van der Waals surface area contributed by atoms with E-state index in [1.165, 1.54) is 19.2 Å². The van der Waals surface area contributed by atoms with Crippen LogP contribution in [0.5, 0.6) is 0 Å². The number of halogens is 2. The van der Waals surface area contributed by atoms with E-state index in [0.717, 1.165) is 10.0 Å². The van der Waals surface area contributed by atoms with Crippen LogP contribution in [0.2, 0.25) is 0 Å². The second-order valence-electron chi connectivity index (χ2n) is 4.33. The number of nitrogens with two attached hydrogens (primary N) is 1. The molecule has 0 aliphatic carbocycles. The molecule has 1 unspecified atom stereocenters. The molecule has 96 valence electrons. The zero-order valence-corrected chi connectivity index (χ0v) is 14.5. The Bertz CT molecular complexity index is 738. The maximum atomic E-state index is 6.47. The lowest BCUT2D eigenvalue weighted by Gasteiger charge is -2.14. The molecule has 3 aromatic rings. The van der Waals surface area contributed by atoms with Crippen LogP contribution in [0.4, 0.5) is 0 Å². The van der Waals surface area contributed by atoms with Crippen molar-refractivity contribution in [2.24, 2.45) is 5.73 Å². The molecule has 0 spiro atoms. The van der Waals surface area contributed by atoms with Crippen LogP contribution in [0, 0.1) is 3.57 Å². The molecule has 0 fully saturated rings. The zero-order chi connectivity index (χ0) is 13.4. The minimum Gasteiger partial charge on any atom is -0.320 e. The Labute approximate surface area is 138 Å².